The first-order valence-electron chi connectivity index (χ1n) is 4.97. The first-order valence-corrected chi connectivity index (χ1v) is 5.76. The fourth-order valence-corrected chi connectivity index (χ4v) is 2.22. The molecular formula is C11H13BrFNO. The highest BCUT2D eigenvalue weighted by Gasteiger charge is 2.24. The van der Waals surface area contributed by atoms with Gasteiger partial charge in [-0.2, -0.15) is 0 Å². The van der Waals surface area contributed by atoms with Gasteiger partial charge in [-0.1, -0.05) is 6.07 Å². The highest BCUT2D eigenvalue weighted by atomic mass is 79.9. The number of benzene rings is 1. The first-order chi connectivity index (χ1) is 7.18. The number of hydrogen-bond acceptors (Lipinski definition) is 2. The fourth-order valence-electron chi connectivity index (χ4n) is 1.83. The molecule has 0 spiro atoms. The standard InChI is InChI=1S/C11H13BrFNO/c12-9-5-7(1-2-10(9)13)11(14)8-3-4-15-6-8/h1-2,5,8,11H,3-4,6,14H2. The smallest absolute Gasteiger partial charge is 0.137 e. The van der Waals surface area contributed by atoms with Crippen molar-refractivity contribution in [1.29, 1.82) is 0 Å². The van der Waals surface area contributed by atoms with Crippen molar-refractivity contribution >= 4 is 15.9 Å². The largest absolute Gasteiger partial charge is 0.381 e. The number of hydrogen-bond donors (Lipinski definition) is 1. The van der Waals surface area contributed by atoms with Crippen molar-refractivity contribution in [3.8, 4) is 0 Å². The third-order valence-corrected chi connectivity index (χ3v) is 3.41. The van der Waals surface area contributed by atoms with E-state index in [-0.39, 0.29) is 11.9 Å². The molecule has 0 radical (unpaired) electrons. The third-order valence-electron chi connectivity index (χ3n) is 2.80. The van der Waals surface area contributed by atoms with E-state index in [2.05, 4.69) is 15.9 Å². The highest BCUT2D eigenvalue weighted by molar-refractivity contribution is 9.10. The second-order valence-corrected chi connectivity index (χ2v) is 4.68. The lowest BCUT2D eigenvalue weighted by Gasteiger charge is -2.18. The summed E-state index contributed by atoms with van der Waals surface area (Å²) in [5.41, 5.74) is 7.05. The van der Waals surface area contributed by atoms with Gasteiger partial charge in [-0.25, -0.2) is 4.39 Å². The van der Waals surface area contributed by atoms with Crippen LogP contribution in [0.4, 0.5) is 4.39 Å². The van der Waals surface area contributed by atoms with Crippen LogP contribution in [0.25, 0.3) is 0 Å². The monoisotopic (exact) mass is 273 g/mol. The Morgan fingerprint density at radius 2 is 2.33 bits per heavy atom. The summed E-state index contributed by atoms with van der Waals surface area (Å²) in [5, 5.41) is 0. The predicted molar refractivity (Wildman–Crippen MR) is 60.0 cm³/mol. The lowest BCUT2D eigenvalue weighted by molar-refractivity contribution is 0.181. The first kappa shape index (κ1) is 11.0. The van der Waals surface area contributed by atoms with Crippen LogP contribution < -0.4 is 5.73 Å². The van der Waals surface area contributed by atoms with E-state index < -0.39 is 0 Å². The molecule has 2 nitrogen and oxygen atoms in total. The molecular weight excluding hydrogens is 261 g/mol. The number of ether oxygens (including phenoxy) is 1. The Bertz CT molecular complexity index is 352. The highest BCUT2D eigenvalue weighted by Crippen LogP contribution is 2.28. The zero-order valence-corrected chi connectivity index (χ0v) is 9.84. The second kappa shape index (κ2) is 4.60. The van der Waals surface area contributed by atoms with Crippen molar-refractivity contribution in [2.24, 2.45) is 11.7 Å². The van der Waals surface area contributed by atoms with Gasteiger partial charge in [-0.05, 0) is 40.0 Å². The maximum absolute atomic E-state index is 13.0. The summed E-state index contributed by atoms with van der Waals surface area (Å²) in [6.07, 6.45) is 0.982. The molecule has 0 aromatic heterocycles. The molecule has 1 heterocycles. The molecule has 4 heteroatoms. The van der Waals surface area contributed by atoms with Crippen molar-refractivity contribution in [1.82, 2.24) is 0 Å². The molecule has 1 aliphatic heterocycles. The predicted octanol–water partition coefficient (Wildman–Crippen LogP) is 2.62. The summed E-state index contributed by atoms with van der Waals surface area (Å²) in [6, 6.07) is 4.86. The normalized spacial score (nSPS) is 23.0. The molecule has 15 heavy (non-hydrogen) atoms. The van der Waals surface area contributed by atoms with E-state index in [0.29, 0.717) is 17.0 Å². The van der Waals surface area contributed by atoms with Crippen molar-refractivity contribution in [2.45, 2.75) is 12.5 Å². The van der Waals surface area contributed by atoms with Gasteiger partial charge in [0.25, 0.3) is 0 Å². The van der Waals surface area contributed by atoms with Crippen LogP contribution in [0.3, 0.4) is 0 Å². The second-order valence-electron chi connectivity index (χ2n) is 3.82. The molecule has 2 N–H and O–H groups in total. The fraction of sp³-hybridized carbons (Fsp3) is 0.455. The molecule has 0 amide bonds. The van der Waals surface area contributed by atoms with Crippen LogP contribution in [0.5, 0.6) is 0 Å². The van der Waals surface area contributed by atoms with Gasteiger partial charge < -0.3 is 10.5 Å². The molecule has 0 bridgehead atoms. The minimum absolute atomic E-state index is 0.0654. The Balaban J connectivity index is 2.17. The Kier molecular flexibility index (Phi) is 3.38. The van der Waals surface area contributed by atoms with Gasteiger partial charge in [0, 0.05) is 18.6 Å². The molecule has 2 atom stereocenters. The van der Waals surface area contributed by atoms with Crippen LogP contribution >= 0.6 is 15.9 Å². The van der Waals surface area contributed by atoms with Gasteiger partial charge in [0.2, 0.25) is 0 Å². The van der Waals surface area contributed by atoms with E-state index in [0.717, 1.165) is 18.6 Å². The minimum atomic E-state index is -0.256. The third kappa shape index (κ3) is 2.38. The van der Waals surface area contributed by atoms with Crippen molar-refractivity contribution < 1.29 is 9.13 Å². The topological polar surface area (TPSA) is 35.2 Å². The molecule has 1 aromatic carbocycles. The molecule has 0 saturated carbocycles. The maximum Gasteiger partial charge on any atom is 0.137 e. The van der Waals surface area contributed by atoms with Gasteiger partial charge in [0.15, 0.2) is 0 Å². The van der Waals surface area contributed by atoms with Gasteiger partial charge in [0.1, 0.15) is 5.82 Å². The average Bonchev–Trinajstić information content (AvgIpc) is 2.74. The van der Waals surface area contributed by atoms with Crippen LogP contribution in [0.2, 0.25) is 0 Å². The Morgan fingerprint density at radius 1 is 1.53 bits per heavy atom. The molecule has 1 aromatic rings. The molecule has 1 saturated heterocycles. The summed E-state index contributed by atoms with van der Waals surface area (Å²) >= 11 is 3.16. The van der Waals surface area contributed by atoms with E-state index in [9.17, 15) is 4.39 Å². The van der Waals surface area contributed by atoms with E-state index >= 15 is 0 Å². The molecule has 2 rings (SSSR count). The number of rotatable bonds is 2. The van der Waals surface area contributed by atoms with Crippen molar-refractivity contribution in [3.63, 3.8) is 0 Å². The Labute approximate surface area is 96.7 Å². The summed E-state index contributed by atoms with van der Waals surface area (Å²) in [7, 11) is 0. The average molecular weight is 274 g/mol. The van der Waals surface area contributed by atoms with Crippen LogP contribution in [0, 0.1) is 11.7 Å². The van der Waals surface area contributed by atoms with Gasteiger partial charge in [0.05, 0.1) is 11.1 Å². The van der Waals surface area contributed by atoms with Gasteiger partial charge in [-0.3, -0.25) is 0 Å². The van der Waals surface area contributed by atoms with Gasteiger partial charge in [-0.15, -0.1) is 0 Å². The van der Waals surface area contributed by atoms with E-state index in [1.165, 1.54) is 6.07 Å². The Morgan fingerprint density at radius 3 is 2.93 bits per heavy atom. The van der Waals surface area contributed by atoms with Crippen LogP contribution in [0.15, 0.2) is 22.7 Å². The van der Waals surface area contributed by atoms with Crippen LogP contribution in [0.1, 0.15) is 18.0 Å². The maximum atomic E-state index is 13.0. The molecule has 1 fully saturated rings. The molecule has 2 unspecified atom stereocenters. The zero-order valence-electron chi connectivity index (χ0n) is 8.25. The number of halogens is 2. The van der Waals surface area contributed by atoms with Gasteiger partial charge >= 0.3 is 0 Å². The lowest BCUT2D eigenvalue weighted by atomic mass is 9.93. The molecule has 0 aliphatic carbocycles. The van der Waals surface area contributed by atoms with Crippen LogP contribution in [-0.2, 0) is 4.74 Å². The van der Waals surface area contributed by atoms with E-state index in [4.69, 9.17) is 10.5 Å². The summed E-state index contributed by atoms with van der Waals surface area (Å²) in [6.45, 7) is 1.48. The lowest BCUT2D eigenvalue weighted by Crippen LogP contribution is -2.21. The van der Waals surface area contributed by atoms with Crippen molar-refractivity contribution in [3.05, 3.63) is 34.1 Å². The van der Waals surface area contributed by atoms with E-state index in [1.807, 2.05) is 0 Å². The SMILES string of the molecule is NC(c1ccc(F)c(Br)c1)C1CCOC1. The minimum Gasteiger partial charge on any atom is -0.381 e. The van der Waals surface area contributed by atoms with E-state index in [1.54, 1.807) is 12.1 Å². The Hall–Kier alpha value is -0.450. The zero-order chi connectivity index (χ0) is 10.8. The summed E-state index contributed by atoms with van der Waals surface area (Å²) in [5.74, 6) is 0.0935. The van der Waals surface area contributed by atoms with Crippen molar-refractivity contribution in [2.75, 3.05) is 13.2 Å². The molecule has 1 aliphatic rings. The molecule has 82 valence electrons. The summed E-state index contributed by atoms with van der Waals surface area (Å²) < 4.78 is 18.8. The summed E-state index contributed by atoms with van der Waals surface area (Å²) in [4.78, 5) is 0. The quantitative estimate of drug-likeness (QED) is 0.899. The van der Waals surface area contributed by atoms with Crippen LogP contribution in [-0.4, -0.2) is 13.2 Å². The number of nitrogens with two attached hydrogens (primary N) is 1.